The molecule has 0 saturated heterocycles. The van der Waals surface area contributed by atoms with Crippen molar-refractivity contribution in [2.24, 2.45) is 0 Å². The van der Waals surface area contributed by atoms with Crippen LogP contribution in [0.25, 0.3) is 0 Å². The summed E-state index contributed by atoms with van der Waals surface area (Å²) in [5.74, 6) is 0. The maximum absolute atomic E-state index is 9.15. The maximum atomic E-state index is 9.15. The largest absolute Gasteiger partial charge is 1.00 e. The van der Waals surface area contributed by atoms with Crippen LogP contribution < -0.4 is 69.2 Å². The molecule has 0 aromatic rings. The Morgan fingerprint density at radius 2 is 1.43 bits per heavy atom. The van der Waals surface area contributed by atoms with Gasteiger partial charge in [-0.05, 0) is 0 Å². The third-order valence-corrected chi connectivity index (χ3v) is 0.577. The van der Waals surface area contributed by atoms with Crippen molar-refractivity contribution in [3.63, 3.8) is 0 Å². The van der Waals surface area contributed by atoms with Crippen LogP contribution in [-0.4, -0.2) is 17.8 Å². The second-order valence-corrected chi connectivity index (χ2v) is 0.996. The average molecular weight is 136 g/mol. The monoisotopic (exact) mass is 136 g/mol. The van der Waals surface area contributed by atoms with E-state index in [0.717, 1.165) is 0 Å². The molecule has 0 spiro atoms. The molecule has 0 aromatic carbocycles. The van der Waals surface area contributed by atoms with E-state index in [1.165, 1.54) is 0 Å². The molecule has 0 atom stereocenters. The molecule has 0 amide bonds. The van der Waals surface area contributed by atoms with E-state index in [1.54, 1.807) is 0 Å². The van der Waals surface area contributed by atoms with Crippen LogP contribution >= 0.6 is 0 Å². The van der Waals surface area contributed by atoms with Crippen molar-refractivity contribution in [3.8, 4) is 0 Å². The molecule has 0 aliphatic rings. The van der Waals surface area contributed by atoms with Gasteiger partial charge in [0.1, 0.15) is 10.5 Å². The van der Waals surface area contributed by atoms with Gasteiger partial charge in [-0.3, -0.25) is 0 Å². The summed E-state index contributed by atoms with van der Waals surface area (Å²) in [4.78, 5) is 0. The minimum atomic E-state index is -2.05. The third kappa shape index (κ3) is 17.9. The van der Waals surface area contributed by atoms with Gasteiger partial charge in [0.15, 0.2) is 0 Å². The zero-order valence-electron chi connectivity index (χ0n) is 4.80. The molecule has 0 heterocycles. The predicted octanol–water partition coefficient (Wildman–Crippen LogP) is -10.0. The van der Waals surface area contributed by atoms with Gasteiger partial charge in [0, 0.05) is 7.32 Å². The SMILES string of the molecule is [Na+].[Na+].[O-]B([O-])O[SiH3]. The summed E-state index contributed by atoms with van der Waals surface area (Å²) in [6, 6.07) is 0. The number of hydrogen-bond acceptors (Lipinski definition) is 3. The van der Waals surface area contributed by atoms with E-state index in [4.69, 9.17) is 10.0 Å². The smallest absolute Gasteiger partial charge is 0.872 e. The molecule has 7 heteroatoms. The predicted molar refractivity (Wildman–Crippen MR) is 16.8 cm³/mol. The molecule has 0 rings (SSSR count). The minimum absolute atomic E-state index is 0. The van der Waals surface area contributed by atoms with Crippen LogP contribution in [-0.2, 0) is 4.34 Å². The second kappa shape index (κ2) is 11.0. The molecule has 0 aliphatic heterocycles. The van der Waals surface area contributed by atoms with Gasteiger partial charge >= 0.3 is 59.1 Å². The third-order valence-electron chi connectivity index (χ3n) is 0.192. The molecule has 0 fully saturated rings. The van der Waals surface area contributed by atoms with Crippen molar-refractivity contribution >= 4 is 17.8 Å². The summed E-state index contributed by atoms with van der Waals surface area (Å²) in [6.45, 7) is 0. The minimum Gasteiger partial charge on any atom is -0.872 e. The van der Waals surface area contributed by atoms with Gasteiger partial charge in [0.2, 0.25) is 0 Å². The van der Waals surface area contributed by atoms with Crippen LogP contribution in [0.2, 0.25) is 0 Å². The fourth-order valence-corrected chi connectivity index (χ4v) is 0. The standard InChI is InChI=1S/BH3O3Si.2Na/c2-1(3)4-5;;/h5H3;;/q-2;2*+1. The molecule has 0 saturated carbocycles. The normalized spacial score (nSPS) is 6.00. The van der Waals surface area contributed by atoms with Crippen molar-refractivity contribution in [1.29, 1.82) is 0 Å². The van der Waals surface area contributed by atoms with E-state index >= 15 is 0 Å². The Labute approximate surface area is 90.1 Å². The molecular formula is H3BNa2O3Si. The molecule has 0 unspecified atom stereocenters. The van der Waals surface area contributed by atoms with Gasteiger partial charge in [-0.2, -0.15) is 0 Å². The molecule has 0 radical (unpaired) electrons. The Morgan fingerprint density at radius 3 is 1.43 bits per heavy atom. The summed E-state index contributed by atoms with van der Waals surface area (Å²) in [6.07, 6.45) is 0. The Bertz CT molecular complexity index is 26.9. The first-order valence-corrected chi connectivity index (χ1v) is 1.93. The first-order valence-electron chi connectivity index (χ1n) is 1.12. The quantitative estimate of drug-likeness (QED) is 0.336. The van der Waals surface area contributed by atoms with Gasteiger partial charge in [0.25, 0.3) is 0 Å². The molecule has 7 heavy (non-hydrogen) atoms. The van der Waals surface area contributed by atoms with E-state index in [0.29, 0.717) is 0 Å². The number of rotatable bonds is 1. The Balaban J connectivity index is -0.0000000800. The van der Waals surface area contributed by atoms with Crippen LogP contribution in [0.3, 0.4) is 0 Å². The topological polar surface area (TPSA) is 55.3 Å². The van der Waals surface area contributed by atoms with Crippen molar-refractivity contribution in [3.05, 3.63) is 0 Å². The summed E-state index contributed by atoms with van der Waals surface area (Å²) in [7, 11) is -1.81. The van der Waals surface area contributed by atoms with Crippen molar-refractivity contribution in [2.45, 2.75) is 0 Å². The Morgan fingerprint density at radius 1 is 1.29 bits per heavy atom. The zero-order chi connectivity index (χ0) is 4.28. The first-order chi connectivity index (χ1) is 2.27. The van der Waals surface area contributed by atoms with Crippen LogP contribution in [0.1, 0.15) is 0 Å². The summed E-state index contributed by atoms with van der Waals surface area (Å²) in [5, 5.41) is 18.3. The zero-order valence-corrected chi connectivity index (χ0v) is 10.8. The Kier molecular flexibility index (Phi) is 25.3. The fourth-order valence-electron chi connectivity index (χ4n) is 0. The summed E-state index contributed by atoms with van der Waals surface area (Å²) < 4.78 is 3.78. The summed E-state index contributed by atoms with van der Waals surface area (Å²) in [5.41, 5.74) is 0. The van der Waals surface area contributed by atoms with Crippen LogP contribution in [0, 0.1) is 0 Å². The fraction of sp³-hybridized carbons (Fsp3) is 0. The molecular weight excluding hydrogens is 133 g/mol. The summed E-state index contributed by atoms with van der Waals surface area (Å²) >= 11 is 0. The molecule has 0 bridgehead atoms. The first kappa shape index (κ1) is 16.1. The average Bonchev–Trinajstić information content (AvgIpc) is 1.38. The Hall–Kier alpha value is 2.16. The molecule has 0 aliphatic carbocycles. The van der Waals surface area contributed by atoms with Gasteiger partial charge in [0.05, 0.1) is 0 Å². The van der Waals surface area contributed by atoms with E-state index in [1.807, 2.05) is 0 Å². The van der Waals surface area contributed by atoms with E-state index < -0.39 is 7.32 Å². The van der Waals surface area contributed by atoms with Crippen LogP contribution in [0.15, 0.2) is 0 Å². The van der Waals surface area contributed by atoms with Crippen LogP contribution in [0.4, 0.5) is 0 Å². The van der Waals surface area contributed by atoms with E-state index in [2.05, 4.69) is 4.34 Å². The molecule has 30 valence electrons. The molecule has 3 nitrogen and oxygen atoms in total. The van der Waals surface area contributed by atoms with Crippen molar-refractivity contribution in [1.82, 2.24) is 0 Å². The van der Waals surface area contributed by atoms with E-state index in [9.17, 15) is 0 Å². The van der Waals surface area contributed by atoms with Gasteiger partial charge in [-0.1, -0.05) is 0 Å². The van der Waals surface area contributed by atoms with Gasteiger partial charge in [-0.25, -0.2) is 0 Å². The number of hydrogen-bond donors (Lipinski definition) is 0. The molecule has 0 aromatic heterocycles. The maximum Gasteiger partial charge on any atom is 1.00 e. The van der Waals surface area contributed by atoms with Crippen molar-refractivity contribution in [2.75, 3.05) is 0 Å². The van der Waals surface area contributed by atoms with Gasteiger partial charge < -0.3 is 14.4 Å². The van der Waals surface area contributed by atoms with Crippen LogP contribution in [0.5, 0.6) is 0 Å². The molecule has 0 N–H and O–H groups in total. The van der Waals surface area contributed by atoms with E-state index in [-0.39, 0.29) is 69.6 Å². The second-order valence-electron chi connectivity index (χ2n) is 0.524. The van der Waals surface area contributed by atoms with Crippen molar-refractivity contribution < 1.29 is 73.5 Å². The van der Waals surface area contributed by atoms with Gasteiger partial charge in [-0.15, -0.1) is 0 Å².